The van der Waals surface area contributed by atoms with Crippen LogP contribution in [0.4, 0.5) is 0 Å². The molecule has 126 valence electrons. The van der Waals surface area contributed by atoms with E-state index in [9.17, 15) is 21.4 Å². The number of aryl methyl sites for hydroxylation is 1. The molecule has 1 aromatic carbocycles. The molecule has 22 heavy (non-hydrogen) atoms. The van der Waals surface area contributed by atoms with Gasteiger partial charge < -0.3 is 0 Å². The Hall–Kier alpha value is -0.960. The second kappa shape index (κ2) is 8.05. The van der Waals surface area contributed by atoms with E-state index in [0.29, 0.717) is 12.8 Å². The monoisotopic (exact) mass is 350 g/mol. The van der Waals surface area contributed by atoms with Gasteiger partial charge in [-0.15, -0.1) is 0 Å². The molecular formula is C14H22O6S2. The van der Waals surface area contributed by atoms with Crippen molar-refractivity contribution in [3.05, 3.63) is 23.8 Å². The molecule has 1 aromatic rings. The van der Waals surface area contributed by atoms with E-state index in [4.69, 9.17) is 4.55 Å². The summed E-state index contributed by atoms with van der Waals surface area (Å²) in [7, 11) is -8.83. The lowest BCUT2D eigenvalue weighted by atomic mass is 10.0. The normalized spacial score (nSPS) is 12.5. The maximum absolute atomic E-state index is 11.3. The van der Waals surface area contributed by atoms with Crippen LogP contribution in [0.3, 0.4) is 0 Å². The van der Waals surface area contributed by atoms with Crippen molar-refractivity contribution < 1.29 is 25.9 Å². The topological polar surface area (TPSA) is 109 Å². The van der Waals surface area contributed by atoms with Crippen LogP contribution < -0.4 is 0 Å². The molecule has 0 saturated heterocycles. The van der Waals surface area contributed by atoms with Crippen LogP contribution in [0.2, 0.25) is 0 Å². The van der Waals surface area contributed by atoms with Crippen LogP contribution in [0.5, 0.6) is 0 Å². The fourth-order valence-electron chi connectivity index (χ4n) is 2.26. The van der Waals surface area contributed by atoms with Gasteiger partial charge in [0.05, 0.1) is 9.79 Å². The van der Waals surface area contributed by atoms with E-state index < -0.39 is 20.2 Å². The van der Waals surface area contributed by atoms with Gasteiger partial charge >= 0.3 is 0 Å². The maximum Gasteiger partial charge on any atom is 0.294 e. The van der Waals surface area contributed by atoms with E-state index in [0.717, 1.165) is 50.3 Å². The van der Waals surface area contributed by atoms with Gasteiger partial charge in [0.25, 0.3) is 20.2 Å². The lowest BCUT2D eigenvalue weighted by Crippen LogP contribution is -2.06. The Morgan fingerprint density at radius 3 is 2.00 bits per heavy atom. The van der Waals surface area contributed by atoms with Gasteiger partial charge in [0, 0.05) is 0 Å². The second-order valence-corrected chi connectivity index (χ2v) is 8.05. The lowest BCUT2D eigenvalue weighted by molar-refractivity contribution is 0.477. The Labute approximate surface area is 132 Å². The number of rotatable bonds is 9. The van der Waals surface area contributed by atoms with Crippen LogP contribution >= 0.6 is 0 Å². The Morgan fingerprint density at radius 2 is 1.45 bits per heavy atom. The van der Waals surface area contributed by atoms with Gasteiger partial charge in [0.2, 0.25) is 0 Å². The first-order valence-corrected chi connectivity index (χ1v) is 10.1. The Balaban J connectivity index is 2.89. The van der Waals surface area contributed by atoms with Crippen LogP contribution in [0.1, 0.15) is 51.0 Å². The molecule has 8 heteroatoms. The van der Waals surface area contributed by atoms with Crippen molar-refractivity contribution in [1.82, 2.24) is 0 Å². The van der Waals surface area contributed by atoms with Gasteiger partial charge in [-0.05, 0) is 36.6 Å². The van der Waals surface area contributed by atoms with Gasteiger partial charge in [-0.1, -0.05) is 39.0 Å². The fourth-order valence-corrected chi connectivity index (χ4v) is 3.52. The van der Waals surface area contributed by atoms with Gasteiger partial charge in [0.15, 0.2) is 0 Å². The van der Waals surface area contributed by atoms with E-state index in [1.165, 1.54) is 0 Å². The van der Waals surface area contributed by atoms with Crippen LogP contribution in [0.15, 0.2) is 28.0 Å². The zero-order chi connectivity index (χ0) is 16.8. The summed E-state index contributed by atoms with van der Waals surface area (Å²) in [6.07, 6.45) is 6.30. The van der Waals surface area contributed by atoms with Crippen LogP contribution in [0, 0.1) is 0 Å². The predicted molar refractivity (Wildman–Crippen MR) is 83.2 cm³/mol. The van der Waals surface area contributed by atoms with E-state index >= 15 is 0 Å². The van der Waals surface area contributed by atoms with E-state index in [1.54, 1.807) is 0 Å². The first kappa shape index (κ1) is 19.1. The summed E-state index contributed by atoms with van der Waals surface area (Å²) in [4.78, 5) is -0.686. The molecule has 0 aromatic heterocycles. The third-order valence-corrected chi connectivity index (χ3v) is 5.21. The molecule has 2 N–H and O–H groups in total. The molecule has 0 atom stereocenters. The van der Waals surface area contributed by atoms with Crippen molar-refractivity contribution in [3.63, 3.8) is 0 Å². The molecule has 0 amide bonds. The van der Waals surface area contributed by atoms with Crippen molar-refractivity contribution in [3.8, 4) is 0 Å². The highest BCUT2D eigenvalue weighted by molar-refractivity contribution is 7.86. The minimum absolute atomic E-state index is 0.202. The molecule has 6 nitrogen and oxygen atoms in total. The minimum atomic E-state index is -4.42. The first-order valence-electron chi connectivity index (χ1n) is 7.24. The molecule has 0 aliphatic rings. The standard InChI is InChI=1S/C14H22O6S2/c1-2-3-4-5-6-7-8-12-11-13(21(15,16)17)9-10-14(12)22(18,19)20/h9-11H,2-8H2,1H3,(H,15,16,17)(H,18,19,20). The van der Waals surface area contributed by atoms with E-state index in [1.807, 2.05) is 0 Å². The van der Waals surface area contributed by atoms with Gasteiger partial charge in [-0.2, -0.15) is 16.8 Å². The molecule has 0 bridgehead atoms. The highest BCUT2D eigenvalue weighted by Crippen LogP contribution is 2.22. The van der Waals surface area contributed by atoms with Crippen molar-refractivity contribution in [2.75, 3.05) is 0 Å². The second-order valence-electron chi connectivity index (χ2n) is 5.24. The summed E-state index contributed by atoms with van der Waals surface area (Å²) >= 11 is 0. The Bertz CT molecular complexity index is 692. The largest absolute Gasteiger partial charge is 0.294 e. The number of hydrogen-bond acceptors (Lipinski definition) is 4. The molecule has 0 heterocycles. The maximum atomic E-state index is 11.3. The molecular weight excluding hydrogens is 328 g/mol. The molecule has 0 radical (unpaired) electrons. The summed E-state index contributed by atoms with van der Waals surface area (Å²) in [5, 5.41) is 0. The predicted octanol–water partition coefficient (Wildman–Crippen LogP) is 3.08. The number of unbranched alkanes of at least 4 members (excludes halogenated alkanes) is 5. The Morgan fingerprint density at radius 1 is 0.864 bits per heavy atom. The summed E-state index contributed by atoms with van der Waals surface area (Å²) in [6, 6.07) is 3.07. The average Bonchev–Trinajstić information content (AvgIpc) is 2.40. The molecule has 0 aliphatic heterocycles. The third-order valence-electron chi connectivity index (χ3n) is 3.41. The van der Waals surface area contributed by atoms with Gasteiger partial charge in [0.1, 0.15) is 0 Å². The van der Waals surface area contributed by atoms with Crippen LogP contribution in [0.25, 0.3) is 0 Å². The summed E-state index contributed by atoms with van der Waals surface area (Å²) in [6.45, 7) is 2.11. The average molecular weight is 350 g/mol. The highest BCUT2D eigenvalue weighted by atomic mass is 32.2. The zero-order valence-electron chi connectivity index (χ0n) is 12.5. The SMILES string of the molecule is CCCCCCCCc1cc(S(=O)(=O)O)ccc1S(=O)(=O)O. The van der Waals surface area contributed by atoms with Crippen molar-refractivity contribution in [1.29, 1.82) is 0 Å². The number of hydrogen-bond donors (Lipinski definition) is 2. The number of benzene rings is 1. The van der Waals surface area contributed by atoms with Crippen molar-refractivity contribution in [2.24, 2.45) is 0 Å². The van der Waals surface area contributed by atoms with Crippen LogP contribution in [-0.4, -0.2) is 25.9 Å². The lowest BCUT2D eigenvalue weighted by Gasteiger charge is -2.09. The van der Waals surface area contributed by atoms with E-state index in [2.05, 4.69) is 6.92 Å². The summed E-state index contributed by atoms with van der Waals surface area (Å²) in [5.74, 6) is 0. The molecule has 1 rings (SSSR count). The zero-order valence-corrected chi connectivity index (χ0v) is 14.2. The van der Waals surface area contributed by atoms with Crippen molar-refractivity contribution >= 4 is 20.2 Å². The molecule has 0 spiro atoms. The summed E-state index contributed by atoms with van der Waals surface area (Å²) in [5.41, 5.74) is 0.202. The smallest absolute Gasteiger partial charge is 0.282 e. The van der Waals surface area contributed by atoms with E-state index in [-0.39, 0.29) is 15.4 Å². The quantitative estimate of drug-likeness (QED) is 0.523. The molecule has 0 unspecified atom stereocenters. The van der Waals surface area contributed by atoms with Gasteiger partial charge in [-0.25, -0.2) is 0 Å². The fraction of sp³-hybridized carbons (Fsp3) is 0.571. The van der Waals surface area contributed by atoms with Gasteiger partial charge in [-0.3, -0.25) is 9.11 Å². The van der Waals surface area contributed by atoms with Crippen molar-refractivity contribution in [2.45, 2.75) is 61.7 Å². The highest BCUT2D eigenvalue weighted by Gasteiger charge is 2.19. The first-order chi connectivity index (χ1) is 10.2. The van der Waals surface area contributed by atoms with Crippen LogP contribution in [-0.2, 0) is 26.7 Å². The Kier molecular flexibility index (Phi) is 6.98. The molecule has 0 aliphatic carbocycles. The minimum Gasteiger partial charge on any atom is -0.282 e. The molecule has 0 saturated carbocycles. The third kappa shape index (κ3) is 6.04. The summed E-state index contributed by atoms with van der Waals surface area (Å²) < 4.78 is 63.2. The molecule has 0 fully saturated rings.